The van der Waals surface area contributed by atoms with Crippen molar-refractivity contribution in [1.82, 2.24) is 0 Å². The number of aromatic hydroxyl groups is 2. The molecule has 0 saturated heterocycles. The van der Waals surface area contributed by atoms with Crippen LogP contribution < -0.4 is 4.74 Å². The Morgan fingerprint density at radius 1 is 1.12 bits per heavy atom. The van der Waals surface area contributed by atoms with Crippen molar-refractivity contribution in [3.05, 3.63) is 16.7 Å². The minimum Gasteiger partial charge on any atom is -0.507 e. The number of phenolic OH excluding ortho intramolecular Hbond substituents is 2. The minimum absolute atomic E-state index is 0.00676. The van der Waals surface area contributed by atoms with Crippen molar-refractivity contribution in [3.63, 3.8) is 0 Å². The maximum atomic E-state index is 13.0. The second-order valence-corrected chi connectivity index (χ2v) is 8.99. The Kier molecular flexibility index (Phi) is 4.09. The standard InChI is InChI=1S/C21H30O4/c1-11(2)14-17(23)15-12(22)10-13-20(3,4)8-7-9-21(13,5)16(15)18(24)19(14)25-6/h11,13,23-24H,7-10H2,1-6H3/t13?,21-/m0/s1. The number of fused-ring (bicyclic) bond motifs is 3. The van der Waals surface area contributed by atoms with Crippen molar-refractivity contribution >= 4 is 5.78 Å². The highest BCUT2D eigenvalue weighted by Crippen LogP contribution is 2.62. The van der Waals surface area contributed by atoms with Gasteiger partial charge in [-0.3, -0.25) is 4.79 Å². The molecule has 2 aliphatic rings. The second-order valence-electron chi connectivity index (χ2n) is 8.99. The molecule has 0 radical (unpaired) electrons. The smallest absolute Gasteiger partial charge is 0.167 e. The summed E-state index contributed by atoms with van der Waals surface area (Å²) in [5, 5.41) is 22.0. The van der Waals surface area contributed by atoms with Gasteiger partial charge in [0.05, 0.1) is 12.7 Å². The molecule has 0 aromatic heterocycles. The molecule has 0 heterocycles. The quantitative estimate of drug-likeness (QED) is 0.747. The Morgan fingerprint density at radius 3 is 2.32 bits per heavy atom. The van der Waals surface area contributed by atoms with Gasteiger partial charge in [0.25, 0.3) is 0 Å². The van der Waals surface area contributed by atoms with E-state index in [1.807, 2.05) is 13.8 Å². The molecule has 2 N–H and O–H groups in total. The molecular formula is C21H30O4. The van der Waals surface area contributed by atoms with Gasteiger partial charge < -0.3 is 14.9 Å². The molecule has 2 atom stereocenters. The molecule has 1 aromatic rings. The van der Waals surface area contributed by atoms with E-state index in [1.165, 1.54) is 7.11 Å². The highest BCUT2D eigenvalue weighted by molar-refractivity contribution is 6.04. The van der Waals surface area contributed by atoms with Gasteiger partial charge in [-0.25, -0.2) is 0 Å². The lowest BCUT2D eigenvalue weighted by molar-refractivity contribution is 0.0350. The van der Waals surface area contributed by atoms with Gasteiger partial charge in [0, 0.05) is 23.0 Å². The van der Waals surface area contributed by atoms with E-state index in [0.29, 0.717) is 28.9 Å². The van der Waals surface area contributed by atoms with Crippen LogP contribution in [0.3, 0.4) is 0 Å². The summed E-state index contributed by atoms with van der Waals surface area (Å²) in [4.78, 5) is 13.0. The summed E-state index contributed by atoms with van der Waals surface area (Å²) in [5.41, 5.74) is 1.12. The number of ether oxygens (including phenoxy) is 1. The molecule has 1 fully saturated rings. The molecule has 3 rings (SSSR count). The summed E-state index contributed by atoms with van der Waals surface area (Å²) in [5.74, 6) is 0.361. The number of hydrogen-bond acceptors (Lipinski definition) is 4. The maximum Gasteiger partial charge on any atom is 0.167 e. The Labute approximate surface area is 150 Å². The van der Waals surface area contributed by atoms with E-state index in [4.69, 9.17) is 4.74 Å². The van der Waals surface area contributed by atoms with E-state index in [9.17, 15) is 15.0 Å². The van der Waals surface area contributed by atoms with Crippen LogP contribution in [0.1, 0.15) is 87.7 Å². The van der Waals surface area contributed by atoms with Gasteiger partial charge in [-0.05, 0) is 30.1 Å². The predicted molar refractivity (Wildman–Crippen MR) is 97.8 cm³/mol. The Morgan fingerprint density at radius 2 is 1.76 bits per heavy atom. The Bertz CT molecular complexity index is 732. The van der Waals surface area contributed by atoms with Crippen LogP contribution in [0.25, 0.3) is 0 Å². The largest absolute Gasteiger partial charge is 0.507 e. The zero-order chi connectivity index (χ0) is 18.7. The molecule has 4 nitrogen and oxygen atoms in total. The van der Waals surface area contributed by atoms with Crippen molar-refractivity contribution in [2.45, 2.75) is 71.6 Å². The summed E-state index contributed by atoms with van der Waals surface area (Å²) in [6.45, 7) is 10.4. The Hall–Kier alpha value is -1.71. The predicted octanol–water partition coefficient (Wildman–Crippen LogP) is 4.90. The van der Waals surface area contributed by atoms with Crippen molar-refractivity contribution in [2.75, 3.05) is 7.11 Å². The van der Waals surface area contributed by atoms with Crippen LogP contribution in [0.4, 0.5) is 0 Å². The summed E-state index contributed by atoms with van der Waals surface area (Å²) < 4.78 is 5.47. The number of carbonyl (C=O) groups is 1. The summed E-state index contributed by atoms with van der Waals surface area (Å²) in [7, 11) is 1.50. The number of carbonyl (C=O) groups excluding carboxylic acids is 1. The SMILES string of the molecule is COc1c(O)c2c(c(O)c1C(C)C)C(=O)CC1C(C)(C)CCC[C@]21C. The molecule has 1 unspecified atom stereocenters. The van der Waals surface area contributed by atoms with E-state index in [-0.39, 0.29) is 39.9 Å². The van der Waals surface area contributed by atoms with Gasteiger partial charge in [-0.15, -0.1) is 0 Å². The van der Waals surface area contributed by atoms with Crippen LogP contribution in [0.2, 0.25) is 0 Å². The summed E-state index contributed by atoms with van der Waals surface area (Å²) in [6, 6.07) is 0. The van der Waals surface area contributed by atoms with Crippen LogP contribution in [-0.2, 0) is 5.41 Å². The topological polar surface area (TPSA) is 66.8 Å². The third-order valence-corrected chi connectivity index (χ3v) is 6.69. The summed E-state index contributed by atoms with van der Waals surface area (Å²) in [6.07, 6.45) is 3.44. The van der Waals surface area contributed by atoms with Crippen LogP contribution in [-0.4, -0.2) is 23.1 Å². The van der Waals surface area contributed by atoms with Gasteiger partial charge in [-0.1, -0.05) is 41.0 Å². The molecule has 4 heteroatoms. The van der Waals surface area contributed by atoms with E-state index < -0.39 is 0 Å². The third kappa shape index (κ3) is 2.37. The lowest BCUT2D eigenvalue weighted by Crippen LogP contribution is -2.49. The number of hydrogen-bond donors (Lipinski definition) is 2. The van der Waals surface area contributed by atoms with Crippen molar-refractivity contribution in [3.8, 4) is 17.2 Å². The zero-order valence-corrected chi connectivity index (χ0v) is 16.2. The zero-order valence-electron chi connectivity index (χ0n) is 16.2. The van der Waals surface area contributed by atoms with Crippen LogP contribution in [0.5, 0.6) is 17.2 Å². The summed E-state index contributed by atoms with van der Waals surface area (Å²) >= 11 is 0. The fraction of sp³-hybridized carbons (Fsp3) is 0.667. The number of benzene rings is 1. The highest BCUT2D eigenvalue weighted by Gasteiger charge is 2.54. The number of rotatable bonds is 2. The third-order valence-electron chi connectivity index (χ3n) is 6.69. The van der Waals surface area contributed by atoms with Crippen LogP contribution in [0.15, 0.2) is 0 Å². The van der Waals surface area contributed by atoms with E-state index >= 15 is 0 Å². The first-order valence-electron chi connectivity index (χ1n) is 9.25. The first-order valence-corrected chi connectivity index (χ1v) is 9.25. The van der Waals surface area contributed by atoms with Crippen molar-refractivity contribution < 1.29 is 19.7 Å². The minimum atomic E-state index is -0.338. The van der Waals surface area contributed by atoms with E-state index in [2.05, 4.69) is 20.8 Å². The molecule has 1 aromatic carbocycles. The molecule has 2 aliphatic carbocycles. The molecule has 0 aliphatic heterocycles. The fourth-order valence-corrected chi connectivity index (χ4v) is 5.50. The molecular weight excluding hydrogens is 316 g/mol. The monoisotopic (exact) mass is 346 g/mol. The van der Waals surface area contributed by atoms with E-state index in [0.717, 1.165) is 19.3 Å². The van der Waals surface area contributed by atoms with Crippen molar-refractivity contribution in [1.29, 1.82) is 0 Å². The van der Waals surface area contributed by atoms with Gasteiger partial charge in [0.1, 0.15) is 5.75 Å². The average molecular weight is 346 g/mol. The van der Waals surface area contributed by atoms with E-state index in [1.54, 1.807) is 0 Å². The first kappa shape index (κ1) is 18.1. The van der Waals surface area contributed by atoms with Gasteiger partial charge in [0.15, 0.2) is 17.3 Å². The van der Waals surface area contributed by atoms with Crippen molar-refractivity contribution in [2.24, 2.45) is 11.3 Å². The molecule has 0 spiro atoms. The van der Waals surface area contributed by atoms with Gasteiger partial charge >= 0.3 is 0 Å². The number of phenols is 2. The molecule has 0 bridgehead atoms. The first-order chi connectivity index (χ1) is 11.6. The van der Waals surface area contributed by atoms with Crippen LogP contribution in [0, 0.1) is 11.3 Å². The fourth-order valence-electron chi connectivity index (χ4n) is 5.50. The number of Topliss-reactive ketones (excluding diaryl/α,β-unsaturated/α-hetero) is 1. The Balaban J connectivity index is 2.38. The maximum absolute atomic E-state index is 13.0. The lowest BCUT2D eigenvalue weighted by Gasteiger charge is -2.54. The molecule has 1 saturated carbocycles. The average Bonchev–Trinajstić information content (AvgIpc) is 2.50. The molecule has 0 amide bonds. The van der Waals surface area contributed by atoms with Crippen LogP contribution >= 0.6 is 0 Å². The van der Waals surface area contributed by atoms with Gasteiger partial charge in [-0.2, -0.15) is 0 Å². The normalized spacial score (nSPS) is 27.8. The number of ketones is 1. The second kappa shape index (κ2) is 5.65. The van der Waals surface area contributed by atoms with Gasteiger partial charge in [0.2, 0.25) is 0 Å². The lowest BCUT2D eigenvalue weighted by atomic mass is 9.50. The number of methoxy groups -OCH3 is 1. The highest BCUT2D eigenvalue weighted by atomic mass is 16.5. The molecule has 25 heavy (non-hydrogen) atoms. The molecule has 138 valence electrons.